The number of hydrogen-bond donors (Lipinski definition) is 1. The Kier molecular flexibility index (Phi) is 12.3. The molecule has 0 amide bonds. The summed E-state index contributed by atoms with van der Waals surface area (Å²) in [6.45, 7) is 13.0. The molecule has 0 saturated carbocycles. The molecular weight excluding hydrogens is 392 g/mol. The molecule has 5 heteroatoms. The second-order valence-corrected chi connectivity index (χ2v) is 14.7. The zero-order valence-corrected chi connectivity index (χ0v) is 21.6. The number of aliphatic hydroxyl groups is 1. The summed E-state index contributed by atoms with van der Waals surface area (Å²) in [6.07, 6.45) is 14.5. The molecular formula is C25H48O4Si. The number of rotatable bonds is 16. The minimum Gasteiger partial charge on any atom is -0.545 e. The molecule has 2 unspecified atom stereocenters. The Morgan fingerprint density at radius 3 is 2.10 bits per heavy atom. The average Bonchev–Trinajstić information content (AvgIpc) is 2.92. The van der Waals surface area contributed by atoms with Gasteiger partial charge >= 0.3 is 5.97 Å². The molecule has 0 radical (unpaired) electrons. The summed E-state index contributed by atoms with van der Waals surface area (Å²) in [5.74, 6) is 0.191. The molecule has 0 spiro atoms. The van der Waals surface area contributed by atoms with Crippen LogP contribution < -0.4 is 0 Å². The third-order valence-corrected chi connectivity index (χ3v) is 6.74. The van der Waals surface area contributed by atoms with Crippen LogP contribution in [0.5, 0.6) is 0 Å². The second-order valence-electron chi connectivity index (χ2n) is 10.3. The molecule has 1 aliphatic rings. The predicted octanol–water partition coefficient (Wildman–Crippen LogP) is 7.13. The highest BCUT2D eigenvalue weighted by atomic mass is 28.4. The largest absolute Gasteiger partial charge is 0.545 e. The smallest absolute Gasteiger partial charge is 0.308 e. The highest BCUT2D eigenvalue weighted by Crippen LogP contribution is 2.41. The molecule has 30 heavy (non-hydrogen) atoms. The first-order chi connectivity index (χ1) is 14.1. The number of carbonyl (C=O) groups is 1. The van der Waals surface area contributed by atoms with Crippen LogP contribution in [0.1, 0.15) is 104 Å². The monoisotopic (exact) mass is 440 g/mol. The number of unbranched alkanes of at least 4 members (excludes halogenated alkanes) is 9. The first-order valence-corrected chi connectivity index (χ1v) is 15.8. The minimum absolute atomic E-state index is 0.198. The van der Waals surface area contributed by atoms with Gasteiger partial charge < -0.3 is 14.3 Å². The van der Waals surface area contributed by atoms with E-state index >= 15 is 0 Å². The molecule has 4 nitrogen and oxygen atoms in total. The fourth-order valence-electron chi connectivity index (χ4n) is 4.20. The van der Waals surface area contributed by atoms with Crippen molar-refractivity contribution in [2.45, 2.75) is 129 Å². The molecule has 0 aliphatic heterocycles. The standard InChI is InChI=1S/C25H48O4Si/c1-7-8-9-10-11-12-13-14-15-16-19-28-24(26)22(3)20-25(27)18-17-21(2)23(25)29-30(4,5)6/h22,27H,7-20H2,1-6H3. The molecule has 1 rings (SSSR count). The van der Waals surface area contributed by atoms with Crippen LogP contribution in [-0.4, -0.2) is 31.6 Å². The van der Waals surface area contributed by atoms with Crippen molar-refractivity contribution in [1.82, 2.24) is 0 Å². The van der Waals surface area contributed by atoms with Crippen LogP contribution in [0.4, 0.5) is 0 Å². The van der Waals surface area contributed by atoms with E-state index in [0.717, 1.165) is 30.6 Å². The lowest BCUT2D eigenvalue weighted by molar-refractivity contribution is -0.150. The summed E-state index contributed by atoms with van der Waals surface area (Å²) in [4.78, 5) is 12.4. The molecule has 2 atom stereocenters. The normalized spacial score (nSPS) is 20.5. The summed E-state index contributed by atoms with van der Waals surface area (Å²) in [5, 5.41) is 11.2. The molecule has 1 aliphatic carbocycles. The highest BCUT2D eigenvalue weighted by Gasteiger charge is 2.43. The Balaban J connectivity index is 2.24. The SMILES string of the molecule is CCCCCCCCCCCCOC(=O)C(C)CC1(O)CCC(C)=C1O[Si](C)(C)C. The lowest BCUT2D eigenvalue weighted by Gasteiger charge is -2.33. The van der Waals surface area contributed by atoms with Gasteiger partial charge in [0.15, 0.2) is 0 Å². The number of ether oxygens (including phenoxy) is 1. The van der Waals surface area contributed by atoms with Gasteiger partial charge in [0.2, 0.25) is 8.32 Å². The fourth-order valence-corrected chi connectivity index (χ4v) is 5.17. The second kappa shape index (κ2) is 13.6. The summed E-state index contributed by atoms with van der Waals surface area (Å²) in [7, 11) is -1.81. The van der Waals surface area contributed by atoms with Crippen LogP contribution >= 0.6 is 0 Å². The minimum atomic E-state index is -1.81. The summed E-state index contributed by atoms with van der Waals surface area (Å²) in [5.41, 5.74) is 0.0887. The van der Waals surface area contributed by atoms with Crippen LogP contribution in [-0.2, 0) is 14.0 Å². The Bertz CT molecular complexity index is 538. The lowest BCUT2D eigenvalue weighted by atomic mass is 9.90. The number of hydrogen-bond acceptors (Lipinski definition) is 4. The number of esters is 1. The highest BCUT2D eigenvalue weighted by molar-refractivity contribution is 6.70. The fraction of sp³-hybridized carbons (Fsp3) is 0.880. The van der Waals surface area contributed by atoms with Crippen molar-refractivity contribution < 1.29 is 19.1 Å². The van der Waals surface area contributed by atoms with Crippen molar-refractivity contribution in [3.05, 3.63) is 11.3 Å². The van der Waals surface area contributed by atoms with Gasteiger partial charge in [0, 0.05) is 0 Å². The molecule has 176 valence electrons. The lowest BCUT2D eigenvalue weighted by Crippen LogP contribution is -2.38. The quantitative estimate of drug-likeness (QED) is 0.158. The van der Waals surface area contributed by atoms with E-state index in [1.165, 1.54) is 51.4 Å². The van der Waals surface area contributed by atoms with Gasteiger partial charge in [-0.3, -0.25) is 4.79 Å². The van der Waals surface area contributed by atoms with Crippen LogP contribution in [0, 0.1) is 5.92 Å². The van der Waals surface area contributed by atoms with E-state index < -0.39 is 13.9 Å². The first kappa shape index (κ1) is 27.2. The first-order valence-electron chi connectivity index (χ1n) is 12.4. The third kappa shape index (κ3) is 10.5. The van der Waals surface area contributed by atoms with Crippen LogP contribution in [0.25, 0.3) is 0 Å². The Morgan fingerprint density at radius 2 is 1.57 bits per heavy atom. The molecule has 0 aromatic carbocycles. The van der Waals surface area contributed by atoms with Gasteiger partial charge in [-0.2, -0.15) is 0 Å². The van der Waals surface area contributed by atoms with E-state index in [2.05, 4.69) is 26.6 Å². The van der Waals surface area contributed by atoms with E-state index in [9.17, 15) is 9.90 Å². The Morgan fingerprint density at radius 1 is 1.03 bits per heavy atom. The molecule has 0 fully saturated rings. The van der Waals surface area contributed by atoms with E-state index in [0.29, 0.717) is 19.4 Å². The summed E-state index contributed by atoms with van der Waals surface area (Å²) >= 11 is 0. The van der Waals surface area contributed by atoms with E-state index in [1.54, 1.807) is 0 Å². The zero-order valence-electron chi connectivity index (χ0n) is 20.6. The number of carbonyl (C=O) groups excluding carboxylic acids is 1. The summed E-state index contributed by atoms with van der Waals surface area (Å²) in [6, 6.07) is 0. The van der Waals surface area contributed by atoms with Crippen LogP contribution in [0.15, 0.2) is 11.3 Å². The zero-order chi connectivity index (χ0) is 22.6. The van der Waals surface area contributed by atoms with E-state index in [-0.39, 0.29) is 11.9 Å². The van der Waals surface area contributed by atoms with Gasteiger partial charge in [-0.15, -0.1) is 0 Å². The Labute approximate surface area is 186 Å². The van der Waals surface area contributed by atoms with E-state index in [4.69, 9.17) is 9.16 Å². The average molecular weight is 441 g/mol. The van der Waals surface area contributed by atoms with Gasteiger partial charge in [0.05, 0.1) is 12.5 Å². The maximum absolute atomic E-state index is 12.4. The maximum atomic E-state index is 12.4. The molecule has 1 N–H and O–H groups in total. The Hall–Kier alpha value is -0.813. The van der Waals surface area contributed by atoms with Gasteiger partial charge in [-0.05, 0) is 57.8 Å². The van der Waals surface area contributed by atoms with E-state index in [1.807, 2.05) is 13.8 Å². The van der Waals surface area contributed by atoms with Crippen molar-refractivity contribution in [2.24, 2.45) is 5.92 Å². The van der Waals surface area contributed by atoms with Crippen molar-refractivity contribution >= 4 is 14.3 Å². The molecule has 0 aromatic heterocycles. The van der Waals surface area contributed by atoms with Crippen molar-refractivity contribution in [3.8, 4) is 0 Å². The molecule has 0 saturated heterocycles. The van der Waals surface area contributed by atoms with Gasteiger partial charge in [0.25, 0.3) is 0 Å². The molecule has 0 aromatic rings. The van der Waals surface area contributed by atoms with Crippen LogP contribution in [0.2, 0.25) is 19.6 Å². The van der Waals surface area contributed by atoms with Crippen LogP contribution in [0.3, 0.4) is 0 Å². The molecule has 0 bridgehead atoms. The van der Waals surface area contributed by atoms with Gasteiger partial charge in [-0.25, -0.2) is 0 Å². The molecule has 0 heterocycles. The predicted molar refractivity (Wildman–Crippen MR) is 128 cm³/mol. The van der Waals surface area contributed by atoms with Gasteiger partial charge in [0.1, 0.15) is 11.4 Å². The van der Waals surface area contributed by atoms with Gasteiger partial charge in [-0.1, -0.05) is 71.6 Å². The van der Waals surface area contributed by atoms with Crippen molar-refractivity contribution in [3.63, 3.8) is 0 Å². The van der Waals surface area contributed by atoms with Crippen molar-refractivity contribution in [1.29, 1.82) is 0 Å². The van der Waals surface area contributed by atoms with Crippen molar-refractivity contribution in [2.75, 3.05) is 6.61 Å². The number of allylic oxidation sites excluding steroid dienone is 1. The third-order valence-electron chi connectivity index (χ3n) is 5.92. The topological polar surface area (TPSA) is 55.8 Å². The summed E-state index contributed by atoms with van der Waals surface area (Å²) < 4.78 is 11.7. The maximum Gasteiger partial charge on any atom is 0.308 e.